The van der Waals surface area contributed by atoms with Crippen LogP contribution in [0.2, 0.25) is 0 Å². The average molecular weight is 354 g/mol. The van der Waals surface area contributed by atoms with E-state index < -0.39 is 0 Å². The average Bonchev–Trinajstić information content (AvgIpc) is 3.21. The smallest absolute Gasteiger partial charge is 0.256 e. The lowest BCUT2D eigenvalue weighted by molar-refractivity contribution is 0.102. The molecule has 0 aliphatic rings. The number of para-hydroxylation sites is 1. The highest BCUT2D eigenvalue weighted by Crippen LogP contribution is 2.37. The summed E-state index contributed by atoms with van der Waals surface area (Å²) in [6.07, 6.45) is 0. The highest BCUT2D eigenvalue weighted by Gasteiger charge is 2.15. The van der Waals surface area contributed by atoms with Gasteiger partial charge in [0.15, 0.2) is 0 Å². The molecular formula is C18H11FN2OS2. The van der Waals surface area contributed by atoms with Gasteiger partial charge in [-0.15, -0.1) is 22.7 Å². The van der Waals surface area contributed by atoms with E-state index in [9.17, 15) is 9.18 Å². The van der Waals surface area contributed by atoms with Crippen molar-refractivity contribution in [2.45, 2.75) is 0 Å². The Balaban J connectivity index is 1.65. The van der Waals surface area contributed by atoms with Gasteiger partial charge < -0.3 is 5.32 Å². The van der Waals surface area contributed by atoms with E-state index in [1.807, 2.05) is 35.7 Å². The Morgan fingerprint density at radius 2 is 1.83 bits per heavy atom. The number of anilines is 1. The molecule has 2 aromatic carbocycles. The molecule has 0 unspecified atom stereocenters. The first-order valence-corrected chi connectivity index (χ1v) is 8.91. The summed E-state index contributed by atoms with van der Waals surface area (Å²) >= 11 is 3.03. The summed E-state index contributed by atoms with van der Waals surface area (Å²) in [5.74, 6) is -0.627. The Hall–Kier alpha value is -2.57. The van der Waals surface area contributed by atoms with Crippen LogP contribution in [0.15, 0.2) is 60.0 Å². The first kappa shape index (κ1) is 15.0. The first-order valence-electron chi connectivity index (χ1n) is 7.21. The standard InChI is InChI=1S/C18H11FN2OS2/c19-12-7-5-11(6-8-12)16(22)21-17-13(9-10-23-17)18-20-14-3-1-2-4-15(14)24-18/h1-10H,(H,21,22). The molecule has 2 heterocycles. The zero-order valence-electron chi connectivity index (χ0n) is 12.3. The number of carbonyl (C=O) groups excluding carboxylic acids is 1. The molecule has 24 heavy (non-hydrogen) atoms. The van der Waals surface area contributed by atoms with E-state index in [0.29, 0.717) is 5.56 Å². The Morgan fingerprint density at radius 3 is 2.62 bits per heavy atom. The van der Waals surface area contributed by atoms with E-state index in [0.717, 1.165) is 25.8 Å². The quantitative estimate of drug-likeness (QED) is 0.534. The SMILES string of the molecule is O=C(Nc1sccc1-c1nc2ccccc2s1)c1ccc(F)cc1. The molecule has 0 spiro atoms. The van der Waals surface area contributed by atoms with Crippen LogP contribution in [0.25, 0.3) is 20.8 Å². The molecule has 0 atom stereocenters. The molecule has 1 N–H and O–H groups in total. The van der Waals surface area contributed by atoms with Crippen LogP contribution in [0.1, 0.15) is 10.4 Å². The number of halogens is 1. The van der Waals surface area contributed by atoms with Gasteiger partial charge >= 0.3 is 0 Å². The van der Waals surface area contributed by atoms with Crippen LogP contribution < -0.4 is 5.32 Å². The van der Waals surface area contributed by atoms with Crippen molar-refractivity contribution < 1.29 is 9.18 Å². The van der Waals surface area contributed by atoms with Gasteiger partial charge in [-0.3, -0.25) is 4.79 Å². The number of hydrogen-bond donors (Lipinski definition) is 1. The van der Waals surface area contributed by atoms with Gasteiger partial charge in [-0.1, -0.05) is 12.1 Å². The van der Waals surface area contributed by atoms with Crippen molar-refractivity contribution in [1.82, 2.24) is 4.98 Å². The predicted octanol–water partition coefficient (Wildman–Crippen LogP) is 5.42. The van der Waals surface area contributed by atoms with Crippen molar-refractivity contribution in [3.8, 4) is 10.6 Å². The Morgan fingerprint density at radius 1 is 1.04 bits per heavy atom. The third-order valence-corrected chi connectivity index (χ3v) is 5.42. The molecule has 3 nitrogen and oxygen atoms in total. The Labute approximate surface area is 145 Å². The highest BCUT2D eigenvalue weighted by atomic mass is 32.1. The number of thiazole rings is 1. The van der Waals surface area contributed by atoms with Gasteiger partial charge in [-0.25, -0.2) is 9.37 Å². The van der Waals surface area contributed by atoms with E-state index in [-0.39, 0.29) is 11.7 Å². The molecule has 0 bridgehead atoms. The molecule has 4 rings (SSSR count). The van der Waals surface area contributed by atoms with Crippen LogP contribution in [0.3, 0.4) is 0 Å². The maximum atomic E-state index is 13.0. The fourth-order valence-corrected chi connectivity index (χ4v) is 4.18. The number of thiophene rings is 1. The first-order chi connectivity index (χ1) is 11.7. The van der Waals surface area contributed by atoms with Crippen molar-refractivity contribution >= 4 is 43.8 Å². The summed E-state index contributed by atoms with van der Waals surface area (Å²) in [5, 5.41) is 6.42. The summed E-state index contributed by atoms with van der Waals surface area (Å²) < 4.78 is 14.1. The number of nitrogens with one attached hydrogen (secondary N) is 1. The fraction of sp³-hybridized carbons (Fsp3) is 0. The van der Waals surface area contributed by atoms with E-state index in [2.05, 4.69) is 10.3 Å². The second kappa shape index (κ2) is 6.14. The van der Waals surface area contributed by atoms with Crippen LogP contribution in [0, 0.1) is 5.82 Å². The topological polar surface area (TPSA) is 42.0 Å². The Kier molecular flexibility index (Phi) is 3.84. The lowest BCUT2D eigenvalue weighted by atomic mass is 10.2. The number of rotatable bonds is 3. The largest absolute Gasteiger partial charge is 0.313 e. The van der Waals surface area contributed by atoms with Crippen molar-refractivity contribution in [3.05, 3.63) is 71.4 Å². The summed E-state index contributed by atoms with van der Waals surface area (Å²) in [5.41, 5.74) is 2.26. The zero-order chi connectivity index (χ0) is 16.5. The van der Waals surface area contributed by atoms with Gasteiger partial charge in [0.2, 0.25) is 0 Å². The molecule has 0 radical (unpaired) electrons. The normalized spacial score (nSPS) is 10.9. The summed E-state index contributed by atoms with van der Waals surface area (Å²) in [4.78, 5) is 17.0. The van der Waals surface area contributed by atoms with Gasteiger partial charge in [0, 0.05) is 11.1 Å². The summed E-state index contributed by atoms with van der Waals surface area (Å²) in [6, 6.07) is 15.4. The second-order valence-electron chi connectivity index (χ2n) is 5.11. The number of benzene rings is 2. The fourth-order valence-electron chi connectivity index (χ4n) is 2.34. The van der Waals surface area contributed by atoms with Crippen molar-refractivity contribution in [3.63, 3.8) is 0 Å². The molecule has 0 aliphatic heterocycles. The number of hydrogen-bond acceptors (Lipinski definition) is 4. The van der Waals surface area contributed by atoms with Crippen LogP contribution in [0.5, 0.6) is 0 Å². The van der Waals surface area contributed by atoms with E-state index in [1.165, 1.54) is 35.6 Å². The van der Waals surface area contributed by atoms with Crippen LogP contribution in [0.4, 0.5) is 9.39 Å². The number of carbonyl (C=O) groups is 1. The molecule has 0 saturated carbocycles. The van der Waals surface area contributed by atoms with Gasteiger partial charge in [0.05, 0.1) is 10.2 Å². The molecule has 0 aliphatic carbocycles. The molecular weight excluding hydrogens is 343 g/mol. The third kappa shape index (κ3) is 2.81. The van der Waals surface area contributed by atoms with Crippen molar-refractivity contribution in [2.24, 2.45) is 0 Å². The summed E-state index contributed by atoms with van der Waals surface area (Å²) in [7, 11) is 0. The number of amides is 1. The maximum Gasteiger partial charge on any atom is 0.256 e. The van der Waals surface area contributed by atoms with Gasteiger partial charge in [-0.05, 0) is 47.8 Å². The van der Waals surface area contributed by atoms with Gasteiger partial charge in [-0.2, -0.15) is 0 Å². The minimum Gasteiger partial charge on any atom is -0.313 e. The minimum absolute atomic E-state index is 0.264. The molecule has 6 heteroatoms. The molecule has 118 valence electrons. The van der Waals surface area contributed by atoms with Crippen molar-refractivity contribution in [2.75, 3.05) is 5.32 Å². The lowest BCUT2D eigenvalue weighted by Gasteiger charge is -2.05. The predicted molar refractivity (Wildman–Crippen MR) is 97.3 cm³/mol. The maximum absolute atomic E-state index is 13.0. The minimum atomic E-state index is -0.363. The third-order valence-electron chi connectivity index (χ3n) is 3.52. The molecule has 0 saturated heterocycles. The zero-order valence-corrected chi connectivity index (χ0v) is 14.0. The second-order valence-corrected chi connectivity index (χ2v) is 7.06. The van der Waals surface area contributed by atoms with E-state index in [4.69, 9.17) is 0 Å². The number of nitrogens with zero attached hydrogens (tertiary/aromatic N) is 1. The van der Waals surface area contributed by atoms with E-state index >= 15 is 0 Å². The highest BCUT2D eigenvalue weighted by molar-refractivity contribution is 7.22. The molecule has 4 aromatic rings. The van der Waals surface area contributed by atoms with E-state index in [1.54, 1.807) is 11.3 Å². The summed E-state index contributed by atoms with van der Waals surface area (Å²) in [6.45, 7) is 0. The monoisotopic (exact) mass is 354 g/mol. The number of aromatic nitrogens is 1. The van der Waals surface area contributed by atoms with Crippen LogP contribution >= 0.6 is 22.7 Å². The molecule has 1 amide bonds. The molecule has 2 aromatic heterocycles. The van der Waals surface area contributed by atoms with Crippen molar-refractivity contribution in [1.29, 1.82) is 0 Å². The number of fused-ring (bicyclic) bond motifs is 1. The lowest BCUT2D eigenvalue weighted by Crippen LogP contribution is -2.11. The van der Waals surface area contributed by atoms with Gasteiger partial charge in [0.1, 0.15) is 15.8 Å². The van der Waals surface area contributed by atoms with Crippen LogP contribution in [-0.4, -0.2) is 10.9 Å². The van der Waals surface area contributed by atoms with Crippen LogP contribution in [-0.2, 0) is 0 Å². The van der Waals surface area contributed by atoms with Gasteiger partial charge in [0.25, 0.3) is 5.91 Å². The Bertz CT molecular complexity index is 988. The molecule has 0 fully saturated rings.